The molecule has 0 aliphatic rings. The number of carbonyl (C=O) groups excluding carboxylic acids is 1. The average molecular weight is 379 g/mol. The van der Waals surface area contributed by atoms with E-state index < -0.39 is 0 Å². The van der Waals surface area contributed by atoms with E-state index in [0.29, 0.717) is 12.3 Å². The molecule has 0 aliphatic carbocycles. The summed E-state index contributed by atoms with van der Waals surface area (Å²) in [4.78, 5) is 14.2. The van der Waals surface area contributed by atoms with E-state index in [4.69, 9.17) is 14.7 Å². The summed E-state index contributed by atoms with van der Waals surface area (Å²) in [5.41, 5.74) is 1.97. The van der Waals surface area contributed by atoms with Crippen molar-refractivity contribution < 1.29 is 14.3 Å². The van der Waals surface area contributed by atoms with Crippen LogP contribution in [0.2, 0.25) is 0 Å². The molecule has 6 nitrogen and oxygen atoms in total. The monoisotopic (exact) mass is 379 g/mol. The molecular weight excluding hydrogens is 354 g/mol. The molecule has 1 unspecified atom stereocenters. The van der Waals surface area contributed by atoms with E-state index in [0.717, 1.165) is 16.9 Å². The van der Waals surface area contributed by atoms with E-state index in [1.165, 1.54) is 6.08 Å². The highest BCUT2D eigenvalue weighted by Crippen LogP contribution is 2.20. The van der Waals surface area contributed by atoms with Crippen LogP contribution in [0, 0.1) is 11.3 Å². The van der Waals surface area contributed by atoms with Crippen LogP contribution in [0.4, 0.5) is 0 Å². The third-order valence-corrected chi connectivity index (χ3v) is 4.20. The van der Waals surface area contributed by atoms with Gasteiger partial charge in [0.1, 0.15) is 17.6 Å². The molecule has 2 aromatic rings. The molecule has 0 radical (unpaired) electrons. The summed E-state index contributed by atoms with van der Waals surface area (Å²) in [7, 11) is 5.59. The Balaban J connectivity index is 1.91. The number of rotatable bonds is 9. The first kappa shape index (κ1) is 21.0. The number of benzene rings is 2. The zero-order valence-electron chi connectivity index (χ0n) is 16.4. The number of methoxy groups -OCH3 is 1. The van der Waals surface area contributed by atoms with Crippen LogP contribution in [0.5, 0.6) is 11.5 Å². The predicted octanol–water partition coefficient (Wildman–Crippen LogP) is 3.03. The maximum atomic E-state index is 12.2. The van der Waals surface area contributed by atoms with E-state index in [1.54, 1.807) is 25.3 Å². The van der Waals surface area contributed by atoms with E-state index in [1.807, 2.05) is 56.6 Å². The van der Waals surface area contributed by atoms with Gasteiger partial charge < -0.3 is 19.7 Å². The first-order valence-corrected chi connectivity index (χ1v) is 8.89. The number of likely N-dealkylation sites (N-methyl/N-ethyl adjacent to an activating group) is 1. The van der Waals surface area contributed by atoms with Crippen LogP contribution in [0.15, 0.2) is 54.6 Å². The Morgan fingerprint density at radius 2 is 1.79 bits per heavy atom. The van der Waals surface area contributed by atoms with Gasteiger partial charge in [0.2, 0.25) is 5.91 Å². The molecule has 0 spiro atoms. The van der Waals surface area contributed by atoms with Crippen LogP contribution in [0.25, 0.3) is 6.08 Å². The molecule has 0 bridgehead atoms. The third kappa shape index (κ3) is 6.45. The van der Waals surface area contributed by atoms with Crippen molar-refractivity contribution in [3.63, 3.8) is 0 Å². The topological polar surface area (TPSA) is 74.6 Å². The minimum atomic E-state index is -0.162. The van der Waals surface area contributed by atoms with Crippen LogP contribution < -0.4 is 14.8 Å². The van der Waals surface area contributed by atoms with Crippen LogP contribution in [0.3, 0.4) is 0 Å². The highest BCUT2D eigenvalue weighted by Gasteiger charge is 2.14. The maximum Gasteiger partial charge on any atom is 0.244 e. The number of nitriles is 1. The number of ether oxygens (including phenoxy) is 2. The summed E-state index contributed by atoms with van der Waals surface area (Å²) in [5, 5.41) is 11.4. The van der Waals surface area contributed by atoms with Crippen molar-refractivity contribution >= 4 is 12.0 Å². The fraction of sp³-hybridized carbons (Fsp3) is 0.273. The Kier molecular flexibility index (Phi) is 8.07. The Hall–Kier alpha value is -3.30. The molecular formula is C22H25N3O3. The molecule has 1 N–H and O–H groups in total. The lowest BCUT2D eigenvalue weighted by molar-refractivity contribution is -0.116. The number of carbonyl (C=O) groups is 1. The number of hydrogen-bond donors (Lipinski definition) is 1. The molecule has 0 aromatic heterocycles. The number of hydrogen-bond acceptors (Lipinski definition) is 5. The van der Waals surface area contributed by atoms with Crippen molar-refractivity contribution in [1.29, 1.82) is 5.26 Å². The van der Waals surface area contributed by atoms with Gasteiger partial charge in [-0.2, -0.15) is 5.26 Å². The first-order valence-electron chi connectivity index (χ1n) is 8.89. The number of amides is 1. The normalized spacial score (nSPS) is 11.8. The molecule has 28 heavy (non-hydrogen) atoms. The SMILES string of the molecule is COc1ccc(C(CNC(=O)/C=C/c2ccc(OCC#N)cc2)N(C)C)cc1. The van der Waals surface area contributed by atoms with E-state index in [-0.39, 0.29) is 18.6 Å². The van der Waals surface area contributed by atoms with E-state index >= 15 is 0 Å². The van der Waals surface area contributed by atoms with Gasteiger partial charge in [-0.15, -0.1) is 0 Å². The fourth-order valence-corrected chi connectivity index (χ4v) is 2.64. The van der Waals surface area contributed by atoms with Gasteiger partial charge in [0.15, 0.2) is 6.61 Å². The Bertz CT molecular complexity index is 822. The average Bonchev–Trinajstić information content (AvgIpc) is 2.71. The summed E-state index contributed by atoms with van der Waals surface area (Å²) < 4.78 is 10.4. The van der Waals surface area contributed by atoms with Gasteiger partial charge in [-0.25, -0.2) is 0 Å². The quantitative estimate of drug-likeness (QED) is 0.678. The van der Waals surface area contributed by atoms with Crippen molar-refractivity contribution in [1.82, 2.24) is 10.2 Å². The lowest BCUT2D eigenvalue weighted by Gasteiger charge is -2.25. The van der Waals surface area contributed by atoms with Crippen LogP contribution in [-0.4, -0.2) is 45.2 Å². The van der Waals surface area contributed by atoms with Crippen molar-refractivity contribution in [2.24, 2.45) is 0 Å². The lowest BCUT2D eigenvalue weighted by Crippen LogP contribution is -2.33. The molecule has 0 aliphatic heterocycles. The summed E-state index contributed by atoms with van der Waals surface area (Å²) in [5.74, 6) is 1.26. The van der Waals surface area contributed by atoms with Gasteiger partial charge >= 0.3 is 0 Å². The summed E-state index contributed by atoms with van der Waals surface area (Å²) in [6, 6.07) is 17.0. The smallest absolute Gasteiger partial charge is 0.244 e. The Morgan fingerprint density at radius 1 is 1.14 bits per heavy atom. The van der Waals surface area contributed by atoms with Gasteiger partial charge in [-0.05, 0) is 55.6 Å². The molecule has 0 saturated heterocycles. The van der Waals surface area contributed by atoms with Crippen LogP contribution in [0.1, 0.15) is 17.2 Å². The maximum absolute atomic E-state index is 12.2. The first-order chi connectivity index (χ1) is 13.5. The van der Waals surface area contributed by atoms with E-state index in [2.05, 4.69) is 10.2 Å². The van der Waals surface area contributed by atoms with Crippen LogP contribution in [-0.2, 0) is 4.79 Å². The van der Waals surface area contributed by atoms with Crippen molar-refractivity contribution in [2.45, 2.75) is 6.04 Å². The predicted molar refractivity (Wildman–Crippen MR) is 109 cm³/mol. The van der Waals surface area contributed by atoms with Gasteiger partial charge in [-0.3, -0.25) is 4.79 Å². The minimum absolute atomic E-state index is 0.0127. The molecule has 6 heteroatoms. The molecule has 1 amide bonds. The number of nitrogens with zero attached hydrogens (tertiary/aromatic N) is 2. The van der Waals surface area contributed by atoms with Crippen molar-refractivity contribution in [2.75, 3.05) is 34.4 Å². The second kappa shape index (κ2) is 10.8. The Labute approximate surface area is 166 Å². The van der Waals surface area contributed by atoms with Gasteiger partial charge in [0.05, 0.1) is 13.2 Å². The molecule has 0 saturated carbocycles. The van der Waals surface area contributed by atoms with Crippen LogP contribution >= 0.6 is 0 Å². The zero-order chi connectivity index (χ0) is 20.4. The highest BCUT2D eigenvalue weighted by molar-refractivity contribution is 5.91. The van der Waals surface area contributed by atoms with Crippen molar-refractivity contribution in [3.8, 4) is 17.6 Å². The summed E-state index contributed by atoms with van der Waals surface area (Å²) >= 11 is 0. The van der Waals surface area contributed by atoms with Crippen molar-refractivity contribution in [3.05, 3.63) is 65.7 Å². The highest BCUT2D eigenvalue weighted by atomic mass is 16.5. The molecule has 2 aromatic carbocycles. The molecule has 2 rings (SSSR count). The van der Waals surface area contributed by atoms with Gasteiger partial charge in [-0.1, -0.05) is 24.3 Å². The second-order valence-electron chi connectivity index (χ2n) is 6.35. The minimum Gasteiger partial charge on any atom is -0.497 e. The summed E-state index contributed by atoms with van der Waals surface area (Å²) in [6.45, 7) is 0.502. The molecule has 1 atom stereocenters. The number of nitrogens with one attached hydrogen (secondary N) is 1. The van der Waals surface area contributed by atoms with E-state index in [9.17, 15) is 4.79 Å². The largest absolute Gasteiger partial charge is 0.497 e. The molecule has 0 fully saturated rings. The lowest BCUT2D eigenvalue weighted by atomic mass is 10.1. The van der Waals surface area contributed by atoms with Gasteiger partial charge in [0, 0.05) is 12.6 Å². The third-order valence-electron chi connectivity index (χ3n) is 4.20. The zero-order valence-corrected chi connectivity index (χ0v) is 16.4. The fourth-order valence-electron chi connectivity index (χ4n) is 2.64. The molecule has 146 valence electrons. The second-order valence-corrected chi connectivity index (χ2v) is 6.35. The van der Waals surface area contributed by atoms with Gasteiger partial charge in [0.25, 0.3) is 0 Å². The standard InChI is InChI=1S/C22H25N3O3/c1-25(2)21(18-7-11-19(27-3)12-8-18)16-24-22(26)13-6-17-4-9-20(10-5-17)28-15-14-23/h4-13,21H,15-16H2,1-3H3,(H,24,26)/b13-6+. The summed E-state index contributed by atoms with van der Waals surface area (Å²) in [6.07, 6.45) is 3.24. The molecule has 0 heterocycles. The Morgan fingerprint density at radius 3 is 2.36 bits per heavy atom.